The number of anilines is 2. The van der Waals surface area contributed by atoms with Crippen molar-refractivity contribution in [1.82, 2.24) is 5.32 Å². The lowest BCUT2D eigenvalue weighted by atomic mass is 10.1. The van der Waals surface area contributed by atoms with Gasteiger partial charge in [-0.2, -0.15) is 4.99 Å². The average Bonchev–Trinajstić information content (AvgIpc) is 2.68. The van der Waals surface area contributed by atoms with E-state index in [4.69, 9.17) is 0 Å². The highest BCUT2D eigenvalue weighted by Gasteiger charge is 2.30. The van der Waals surface area contributed by atoms with E-state index in [0.29, 0.717) is 19.0 Å². The van der Waals surface area contributed by atoms with Crippen molar-refractivity contribution in [2.75, 3.05) is 30.4 Å². The number of nitrogens with one attached hydrogen (secondary N) is 1. The van der Waals surface area contributed by atoms with Crippen molar-refractivity contribution < 1.29 is 4.79 Å². The van der Waals surface area contributed by atoms with Gasteiger partial charge in [0, 0.05) is 31.9 Å². The van der Waals surface area contributed by atoms with Gasteiger partial charge in [-0.05, 0) is 12.1 Å². The second kappa shape index (κ2) is 3.48. The van der Waals surface area contributed by atoms with Gasteiger partial charge in [-0.3, -0.25) is 4.79 Å². The number of guanidine groups is 1. The zero-order valence-electron chi connectivity index (χ0n) is 9.90. The summed E-state index contributed by atoms with van der Waals surface area (Å²) in [5.41, 5.74) is 3.47. The second-order valence-electron chi connectivity index (χ2n) is 4.44. The highest BCUT2D eigenvalue weighted by Crippen LogP contribution is 2.32. The molecule has 3 rings (SSSR count). The molecule has 88 valence electrons. The fourth-order valence-electron chi connectivity index (χ4n) is 2.34. The van der Waals surface area contributed by atoms with Crippen LogP contribution in [0.4, 0.5) is 11.4 Å². The molecule has 0 bridgehead atoms. The van der Waals surface area contributed by atoms with Crippen molar-refractivity contribution >= 4 is 23.2 Å². The minimum atomic E-state index is -0.0874. The van der Waals surface area contributed by atoms with Crippen LogP contribution < -0.4 is 15.1 Å². The molecule has 0 radical (unpaired) electrons. The van der Waals surface area contributed by atoms with Crippen LogP contribution in [0.25, 0.3) is 0 Å². The normalized spacial score (nSPS) is 17.2. The molecule has 2 aliphatic heterocycles. The second-order valence-corrected chi connectivity index (χ2v) is 4.44. The van der Waals surface area contributed by atoms with Gasteiger partial charge < -0.3 is 15.1 Å². The Morgan fingerprint density at radius 2 is 2.24 bits per heavy atom. The Kier molecular flexibility index (Phi) is 2.07. The molecule has 5 nitrogen and oxygen atoms in total. The van der Waals surface area contributed by atoms with Gasteiger partial charge >= 0.3 is 0 Å². The first kappa shape index (κ1) is 10.1. The molecule has 0 saturated carbocycles. The molecular weight excluding hydrogens is 216 g/mol. The summed E-state index contributed by atoms with van der Waals surface area (Å²) in [4.78, 5) is 19.3. The number of carbonyl (C=O) groups excluding carboxylic acids is 1. The summed E-state index contributed by atoms with van der Waals surface area (Å²) >= 11 is 0. The first-order valence-corrected chi connectivity index (χ1v) is 5.59. The summed E-state index contributed by atoms with van der Waals surface area (Å²) in [6.45, 7) is 1.05. The number of hydrogen-bond donors (Lipinski definition) is 1. The maximum atomic E-state index is 11.4. The largest absolute Gasteiger partial charge is 0.377 e. The number of carbonyl (C=O) groups is 1. The zero-order valence-corrected chi connectivity index (χ0v) is 9.90. The Labute approximate surface area is 99.7 Å². The molecule has 0 unspecified atom stereocenters. The molecule has 1 amide bonds. The van der Waals surface area contributed by atoms with Crippen molar-refractivity contribution in [3.05, 3.63) is 23.8 Å². The lowest BCUT2D eigenvalue weighted by Crippen LogP contribution is -2.43. The van der Waals surface area contributed by atoms with Crippen LogP contribution in [0.1, 0.15) is 5.56 Å². The van der Waals surface area contributed by atoms with Crippen LogP contribution in [0.2, 0.25) is 0 Å². The summed E-state index contributed by atoms with van der Waals surface area (Å²) in [5.74, 6) is 0.592. The lowest BCUT2D eigenvalue weighted by Gasteiger charge is -2.31. The van der Waals surface area contributed by atoms with Crippen molar-refractivity contribution in [1.29, 1.82) is 0 Å². The van der Waals surface area contributed by atoms with Crippen LogP contribution in [0.5, 0.6) is 0 Å². The first-order chi connectivity index (χ1) is 8.16. The Bertz CT molecular complexity index is 521. The van der Waals surface area contributed by atoms with E-state index in [2.05, 4.69) is 21.3 Å². The third-order valence-electron chi connectivity index (χ3n) is 3.10. The van der Waals surface area contributed by atoms with E-state index in [1.165, 1.54) is 11.3 Å². The van der Waals surface area contributed by atoms with E-state index < -0.39 is 0 Å². The molecule has 0 saturated heterocycles. The summed E-state index contributed by atoms with van der Waals surface area (Å²) in [6.07, 6.45) is 0. The fraction of sp³-hybridized carbons (Fsp3) is 0.333. The SMILES string of the molecule is CN(C)c1cccc2c1CNC1=NC(=O)CN12. The molecule has 0 atom stereocenters. The number of aliphatic imine (C=N–C) groups is 1. The van der Waals surface area contributed by atoms with Gasteiger partial charge in [0.2, 0.25) is 5.96 Å². The van der Waals surface area contributed by atoms with Crippen molar-refractivity contribution in [2.24, 2.45) is 4.99 Å². The molecule has 0 aliphatic carbocycles. The standard InChI is InChI=1S/C12H14N4O/c1-15(2)9-4-3-5-10-8(9)6-13-12-14-11(17)7-16(10)12/h3-5H,6-7H2,1-2H3,(H,13,14,17). The minimum Gasteiger partial charge on any atom is -0.377 e. The van der Waals surface area contributed by atoms with E-state index in [0.717, 1.165) is 5.69 Å². The number of nitrogens with zero attached hydrogens (tertiary/aromatic N) is 3. The molecule has 0 spiro atoms. The highest BCUT2D eigenvalue weighted by molar-refractivity contribution is 6.13. The summed E-state index contributed by atoms with van der Waals surface area (Å²) in [6, 6.07) is 6.14. The van der Waals surface area contributed by atoms with Crippen molar-refractivity contribution in [2.45, 2.75) is 6.54 Å². The Morgan fingerprint density at radius 3 is 3.00 bits per heavy atom. The van der Waals surface area contributed by atoms with E-state index >= 15 is 0 Å². The maximum Gasteiger partial charge on any atom is 0.268 e. The molecule has 1 aromatic rings. The van der Waals surface area contributed by atoms with Crippen LogP contribution in [0.15, 0.2) is 23.2 Å². The lowest BCUT2D eigenvalue weighted by molar-refractivity contribution is -0.115. The fourth-order valence-corrected chi connectivity index (χ4v) is 2.34. The number of amides is 1. The molecule has 1 N–H and O–H groups in total. The third-order valence-corrected chi connectivity index (χ3v) is 3.10. The number of hydrogen-bond acceptors (Lipinski definition) is 4. The maximum absolute atomic E-state index is 11.4. The van der Waals surface area contributed by atoms with Gasteiger partial charge in [0.15, 0.2) is 0 Å². The molecule has 17 heavy (non-hydrogen) atoms. The summed E-state index contributed by atoms with van der Waals surface area (Å²) in [5, 5.41) is 3.19. The number of benzene rings is 1. The zero-order chi connectivity index (χ0) is 12.0. The van der Waals surface area contributed by atoms with Crippen LogP contribution >= 0.6 is 0 Å². The monoisotopic (exact) mass is 230 g/mol. The quantitative estimate of drug-likeness (QED) is 0.765. The number of fused-ring (bicyclic) bond motifs is 3. The minimum absolute atomic E-state index is 0.0874. The van der Waals surface area contributed by atoms with Gasteiger partial charge in [0.25, 0.3) is 5.91 Å². The van der Waals surface area contributed by atoms with Gasteiger partial charge in [-0.1, -0.05) is 6.07 Å². The smallest absolute Gasteiger partial charge is 0.268 e. The van der Waals surface area contributed by atoms with Crippen LogP contribution in [-0.4, -0.2) is 32.5 Å². The molecule has 2 aliphatic rings. The van der Waals surface area contributed by atoms with Gasteiger partial charge in [-0.15, -0.1) is 0 Å². The van der Waals surface area contributed by atoms with Crippen molar-refractivity contribution in [3.8, 4) is 0 Å². The van der Waals surface area contributed by atoms with E-state index in [9.17, 15) is 4.79 Å². The summed E-state index contributed by atoms with van der Waals surface area (Å²) in [7, 11) is 4.04. The predicted molar refractivity (Wildman–Crippen MR) is 67.4 cm³/mol. The molecule has 1 aromatic carbocycles. The molecule has 2 heterocycles. The van der Waals surface area contributed by atoms with Gasteiger partial charge in [0.1, 0.15) is 6.54 Å². The Morgan fingerprint density at radius 1 is 1.41 bits per heavy atom. The highest BCUT2D eigenvalue weighted by atomic mass is 16.2. The average molecular weight is 230 g/mol. The Hall–Kier alpha value is -2.04. The van der Waals surface area contributed by atoms with Crippen LogP contribution in [0.3, 0.4) is 0 Å². The van der Waals surface area contributed by atoms with E-state index in [1.54, 1.807) is 0 Å². The first-order valence-electron chi connectivity index (χ1n) is 5.59. The molecule has 5 heteroatoms. The topological polar surface area (TPSA) is 47.9 Å². The van der Waals surface area contributed by atoms with Gasteiger partial charge in [0.05, 0.1) is 5.69 Å². The van der Waals surface area contributed by atoms with Crippen LogP contribution in [0, 0.1) is 0 Å². The molecule has 0 fully saturated rings. The molecule has 0 aromatic heterocycles. The van der Waals surface area contributed by atoms with Crippen molar-refractivity contribution in [3.63, 3.8) is 0 Å². The van der Waals surface area contributed by atoms with Crippen LogP contribution in [-0.2, 0) is 11.3 Å². The van der Waals surface area contributed by atoms with E-state index in [1.807, 2.05) is 31.1 Å². The van der Waals surface area contributed by atoms with E-state index in [-0.39, 0.29) is 5.91 Å². The number of rotatable bonds is 1. The predicted octanol–water partition coefficient (Wildman–Crippen LogP) is 0.558. The third kappa shape index (κ3) is 1.46. The summed E-state index contributed by atoms with van der Waals surface area (Å²) < 4.78 is 0. The van der Waals surface area contributed by atoms with Gasteiger partial charge in [-0.25, -0.2) is 0 Å². The Balaban J connectivity index is 2.11. The molecular formula is C12H14N4O.